The van der Waals surface area contributed by atoms with Gasteiger partial charge in [0.15, 0.2) is 0 Å². The molecule has 3 N–H and O–H groups in total. The first-order valence-corrected chi connectivity index (χ1v) is 9.63. The number of nitrogens with one attached hydrogen (secondary N) is 2. The molecule has 3 atom stereocenters. The molecule has 0 bridgehead atoms. The molecule has 1 saturated heterocycles. The average molecular weight is 395 g/mol. The highest BCUT2D eigenvalue weighted by Crippen LogP contribution is 2.22. The summed E-state index contributed by atoms with van der Waals surface area (Å²) in [4.78, 5) is 26.4. The molecular weight excluding hydrogens is 365 g/mol. The van der Waals surface area contributed by atoms with Crippen molar-refractivity contribution in [1.82, 2.24) is 15.5 Å². The molecule has 0 radical (unpaired) electrons. The van der Waals surface area contributed by atoms with Crippen molar-refractivity contribution in [3.63, 3.8) is 0 Å². The number of halogens is 1. The molecule has 0 unspecified atom stereocenters. The van der Waals surface area contributed by atoms with E-state index in [9.17, 15) is 19.1 Å². The lowest BCUT2D eigenvalue weighted by atomic mass is 9.96. The van der Waals surface area contributed by atoms with Gasteiger partial charge in [0.1, 0.15) is 11.9 Å². The number of amides is 2. The lowest BCUT2D eigenvalue weighted by Gasteiger charge is -2.36. The van der Waals surface area contributed by atoms with Crippen LogP contribution in [0.3, 0.4) is 0 Å². The Bertz CT molecular complexity index is 656. The third kappa shape index (κ3) is 6.85. The molecule has 7 nitrogen and oxygen atoms in total. The lowest BCUT2D eigenvalue weighted by molar-refractivity contribution is -0.130. The summed E-state index contributed by atoms with van der Waals surface area (Å²) in [5, 5.41) is 15.2. The normalized spacial score (nSPS) is 22.1. The summed E-state index contributed by atoms with van der Waals surface area (Å²) in [5.74, 6) is -1.22. The fourth-order valence-electron chi connectivity index (χ4n) is 3.24. The highest BCUT2D eigenvalue weighted by Gasteiger charge is 2.33. The summed E-state index contributed by atoms with van der Waals surface area (Å²) in [5.41, 5.74) is -0.0431. The van der Waals surface area contributed by atoms with Crippen LogP contribution < -0.4 is 10.6 Å². The van der Waals surface area contributed by atoms with Crippen molar-refractivity contribution in [3.8, 4) is 0 Å². The van der Waals surface area contributed by atoms with Gasteiger partial charge in [-0.2, -0.15) is 0 Å². The SMILES string of the molecule is CN(C)CCCNC(=O)C[C@@H]1CC[C@@H](NC(=O)c2ccccc2F)[C@@H](CO)O1. The zero-order chi connectivity index (χ0) is 20.5. The minimum atomic E-state index is -0.629. The average Bonchev–Trinajstić information content (AvgIpc) is 2.66. The Morgan fingerprint density at radius 2 is 2.04 bits per heavy atom. The molecule has 1 heterocycles. The first-order valence-electron chi connectivity index (χ1n) is 9.63. The molecule has 1 fully saturated rings. The molecule has 1 aromatic rings. The number of carbonyl (C=O) groups is 2. The molecule has 1 aliphatic rings. The van der Waals surface area contributed by atoms with Gasteiger partial charge < -0.3 is 25.4 Å². The van der Waals surface area contributed by atoms with Crippen LogP contribution in [0.25, 0.3) is 0 Å². The van der Waals surface area contributed by atoms with Crippen molar-refractivity contribution in [2.75, 3.05) is 33.8 Å². The van der Waals surface area contributed by atoms with Gasteiger partial charge in [-0.25, -0.2) is 4.39 Å². The van der Waals surface area contributed by atoms with Gasteiger partial charge in [0.05, 0.1) is 30.7 Å². The van der Waals surface area contributed by atoms with Crippen LogP contribution in [0.4, 0.5) is 4.39 Å². The van der Waals surface area contributed by atoms with Crippen LogP contribution in [0, 0.1) is 5.82 Å². The smallest absolute Gasteiger partial charge is 0.254 e. The minimum absolute atomic E-state index is 0.0431. The molecule has 1 aromatic carbocycles. The maximum absolute atomic E-state index is 13.8. The largest absolute Gasteiger partial charge is 0.394 e. The zero-order valence-corrected chi connectivity index (χ0v) is 16.5. The van der Waals surface area contributed by atoms with E-state index < -0.39 is 23.9 Å². The Morgan fingerprint density at radius 1 is 1.29 bits per heavy atom. The maximum Gasteiger partial charge on any atom is 0.254 e. The number of ether oxygens (including phenoxy) is 1. The summed E-state index contributed by atoms with van der Waals surface area (Å²) in [6, 6.07) is 5.31. The number of carbonyl (C=O) groups excluding carboxylic acids is 2. The third-order valence-corrected chi connectivity index (χ3v) is 4.75. The van der Waals surface area contributed by atoms with Gasteiger partial charge in [-0.1, -0.05) is 12.1 Å². The second-order valence-electron chi connectivity index (χ2n) is 7.33. The fraction of sp³-hybridized carbons (Fsp3) is 0.600. The van der Waals surface area contributed by atoms with Gasteiger partial charge >= 0.3 is 0 Å². The van der Waals surface area contributed by atoms with Crippen LogP contribution in [0.2, 0.25) is 0 Å². The summed E-state index contributed by atoms with van der Waals surface area (Å²) >= 11 is 0. The van der Waals surface area contributed by atoms with Crippen molar-refractivity contribution in [2.45, 2.75) is 43.9 Å². The highest BCUT2D eigenvalue weighted by atomic mass is 19.1. The predicted octanol–water partition coefficient (Wildman–Crippen LogP) is 0.922. The van der Waals surface area contributed by atoms with E-state index in [4.69, 9.17) is 4.74 Å². The number of aliphatic hydroxyl groups is 1. The molecule has 156 valence electrons. The van der Waals surface area contributed by atoms with Gasteiger partial charge in [-0.05, 0) is 52.0 Å². The van der Waals surface area contributed by atoms with Gasteiger partial charge in [0, 0.05) is 6.54 Å². The van der Waals surface area contributed by atoms with Crippen LogP contribution in [-0.4, -0.2) is 73.9 Å². The third-order valence-electron chi connectivity index (χ3n) is 4.75. The second-order valence-corrected chi connectivity index (χ2v) is 7.33. The van der Waals surface area contributed by atoms with Gasteiger partial charge in [0.2, 0.25) is 5.91 Å². The van der Waals surface area contributed by atoms with Gasteiger partial charge in [-0.3, -0.25) is 9.59 Å². The Morgan fingerprint density at radius 3 is 2.71 bits per heavy atom. The standard InChI is InChI=1S/C20H30FN3O4/c1-24(2)11-5-10-22-19(26)12-14-8-9-17(18(13-25)28-14)23-20(27)15-6-3-4-7-16(15)21/h3-4,6-7,14,17-18,25H,5,8-13H2,1-2H3,(H,22,26)(H,23,27)/t14-,17+,18+/m0/s1. The molecule has 0 saturated carbocycles. The molecule has 0 spiro atoms. The number of hydrogen-bond donors (Lipinski definition) is 3. The van der Waals surface area contributed by atoms with Crippen molar-refractivity contribution >= 4 is 11.8 Å². The molecule has 0 aromatic heterocycles. The van der Waals surface area contributed by atoms with Gasteiger partial charge in [0.25, 0.3) is 5.91 Å². The van der Waals surface area contributed by atoms with Crippen molar-refractivity contribution in [3.05, 3.63) is 35.6 Å². The lowest BCUT2D eigenvalue weighted by Crippen LogP contribution is -2.51. The number of aliphatic hydroxyl groups excluding tert-OH is 1. The van der Waals surface area contributed by atoms with Crippen LogP contribution in [0.15, 0.2) is 24.3 Å². The van der Waals surface area contributed by atoms with Crippen molar-refractivity contribution < 1.29 is 23.8 Å². The van der Waals surface area contributed by atoms with E-state index in [-0.39, 0.29) is 30.6 Å². The van der Waals surface area contributed by atoms with Crippen LogP contribution in [0.1, 0.15) is 36.0 Å². The predicted molar refractivity (Wildman–Crippen MR) is 103 cm³/mol. The molecule has 0 aliphatic carbocycles. The quantitative estimate of drug-likeness (QED) is 0.541. The molecular formula is C20H30FN3O4. The molecule has 2 rings (SSSR count). The molecule has 2 amide bonds. The molecule has 1 aliphatic heterocycles. The topological polar surface area (TPSA) is 90.9 Å². The number of benzene rings is 1. The monoisotopic (exact) mass is 395 g/mol. The Hall–Kier alpha value is -2.03. The van der Waals surface area contributed by atoms with Crippen LogP contribution >= 0.6 is 0 Å². The van der Waals surface area contributed by atoms with E-state index in [1.165, 1.54) is 18.2 Å². The van der Waals surface area contributed by atoms with E-state index in [0.717, 1.165) is 13.0 Å². The first-order chi connectivity index (χ1) is 13.4. The summed E-state index contributed by atoms with van der Waals surface area (Å²) in [7, 11) is 3.96. The first kappa shape index (κ1) is 22.3. The fourth-order valence-corrected chi connectivity index (χ4v) is 3.24. The zero-order valence-electron chi connectivity index (χ0n) is 16.5. The van der Waals surface area contributed by atoms with E-state index >= 15 is 0 Å². The van der Waals surface area contributed by atoms with E-state index in [1.807, 2.05) is 14.1 Å². The highest BCUT2D eigenvalue weighted by molar-refractivity contribution is 5.94. The summed E-state index contributed by atoms with van der Waals surface area (Å²) < 4.78 is 19.6. The summed E-state index contributed by atoms with van der Waals surface area (Å²) in [6.45, 7) is 1.22. The van der Waals surface area contributed by atoms with Gasteiger partial charge in [-0.15, -0.1) is 0 Å². The van der Waals surface area contributed by atoms with Crippen LogP contribution in [0.5, 0.6) is 0 Å². The number of hydrogen-bond acceptors (Lipinski definition) is 5. The second kappa shape index (κ2) is 11.1. The number of rotatable bonds is 9. The van der Waals surface area contributed by atoms with Crippen molar-refractivity contribution in [2.24, 2.45) is 0 Å². The van der Waals surface area contributed by atoms with E-state index in [0.29, 0.717) is 19.4 Å². The Labute approximate surface area is 165 Å². The summed E-state index contributed by atoms with van der Waals surface area (Å²) in [6.07, 6.45) is 1.26. The Balaban J connectivity index is 1.80. The molecule has 8 heteroatoms. The maximum atomic E-state index is 13.8. The van der Waals surface area contributed by atoms with E-state index in [1.54, 1.807) is 6.07 Å². The molecule has 28 heavy (non-hydrogen) atoms. The van der Waals surface area contributed by atoms with Crippen molar-refractivity contribution in [1.29, 1.82) is 0 Å². The van der Waals surface area contributed by atoms with Crippen LogP contribution in [-0.2, 0) is 9.53 Å². The minimum Gasteiger partial charge on any atom is -0.394 e. The Kier molecular flexibility index (Phi) is 8.82. The number of nitrogens with zero attached hydrogens (tertiary/aromatic N) is 1. The van der Waals surface area contributed by atoms with E-state index in [2.05, 4.69) is 15.5 Å².